The van der Waals surface area contributed by atoms with Crippen molar-refractivity contribution in [2.75, 3.05) is 39.3 Å². The van der Waals surface area contributed by atoms with Gasteiger partial charge in [-0.25, -0.2) is 0 Å². The molecule has 0 rings (SSSR count). The summed E-state index contributed by atoms with van der Waals surface area (Å²) in [5, 5.41) is 0. The van der Waals surface area contributed by atoms with E-state index in [1.807, 2.05) is 0 Å². The van der Waals surface area contributed by atoms with Crippen molar-refractivity contribution in [3.05, 3.63) is 0 Å². The quantitative estimate of drug-likeness (QED) is 0.526. The molecule has 0 aromatic rings. The highest BCUT2D eigenvalue weighted by Gasteiger charge is 2.15. The van der Waals surface area contributed by atoms with Crippen LogP contribution in [0.4, 0.5) is 0 Å². The average molecular weight is 256 g/mol. The lowest BCUT2D eigenvalue weighted by molar-refractivity contribution is -0.137. The first-order valence-corrected chi connectivity index (χ1v) is 7.09. The van der Waals surface area contributed by atoms with Gasteiger partial charge in [0.25, 0.3) is 0 Å². The molecule has 0 N–H and O–H groups in total. The lowest BCUT2D eigenvalue weighted by Gasteiger charge is -2.18. The summed E-state index contributed by atoms with van der Waals surface area (Å²) in [6.45, 7) is 13.4. The first-order chi connectivity index (χ1) is 8.58. The first kappa shape index (κ1) is 17.3. The van der Waals surface area contributed by atoms with E-state index in [-0.39, 0.29) is 11.6 Å². The monoisotopic (exact) mass is 256 g/mol. The van der Waals surface area contributed by atoms with Crippen LogP contribution in [-0.4, -0.2) is 60.6 Å². The van der Waals surface area contributed by atoms with Crippen LogP contribution in [-0.2, 0) is 9.59 Å². The van der Waals surface area contributed by atoms with Gasteiger partial charge in [-0.3, -0.25) is 9.59 Å². The molecule has 4 nitrogen and oxygen atoms in total. The van der Waals surface area contributed by atoms with Crippen molar-refractivity contribution in [1.29, 1.82) is 0 Å². The van der Waals surface area contributed by atoms with Crippen molar-refractivity contribution in [3.8, 4) is 0 Å². The van der Waals surface area contributed by atoms with Crippen molar-refractivity contribution >= 4 is 11.6 Å². The Kier molecular flexibility index (Phi) is 9.79. The highest BCUT2D eigenvalue weighted by molar-refractivity contribution is 6.37. The van der Waals surface area contributed by atoms with Gasteiger partial charge in [0, 0.05) is 25.9 Å². The minimum Gasteiger partial charge on any atom is -0.303 e. The first-order valence-electron chi connectivity index (χ1n) is 7.09. The summed E-state index contributed by atoms with van der Waals surface area (Å²) in [6.07, 6.45) is 0.720. The summed E-state index contributed by atoms with van der Waals surface area (Å²) >= 11 is 0. The molecule has 0 saturated heterocycles. The summed E-state index contributed by atoms with van der Waals surface area (Å²) in [5.74, 6) is -0.428. The van der Waals surface area contributed by atoms with E-state index in [1.165, 1.54) is 0 Å². The molecule has 0 aliphatic heterocycles. The normalized spacial score (nSPS) is 11.2. The maximum absolute atomic E-state index is 11.7. The molecule has 0 aliphatic carbocycles. The lowest BCUT2D eigenvalue weighted by Crippen LogP contribution is -2.30. The van der Waals surface area contributed by atoms with Crippen LogP contribution in [0.15, 0.2) is 0 Å². The second kappa shape index (κ2) is 10.2. The van der Waals surface area contributed by atoms with E-state index < -0.39 is 0 Å². The fraction of sp³-hybridized carbons (Fsp3) is 0.857. The molecule has 0 aromatic heterocycles. The molecular formula is C14H28N2O2. The van der Waals surface area contributed by atoms with Crippen LogP contribution < -0.4 is 0 Å². The fourth-order valence-electron chi connectivity index (χ4n) is 1.88. The summed E-state index contributed by atoms with van der Waals surface area (Å²) < 4.78 is 0. The predicted molar refractivity (Wildman–Crippen MR) is 74.8 cm³/mol. The molecule has 0 fully saturated rings. The standard InChI is InChI=1S/C14H28N2O2/c1-5-15(6-2)11-9-13(17)14(18)10-12-16(7-3)8-4/h5-12H2,1-4H3. The Hall–Kier alpha value is -0.740. The van der Waals surface area contributed by atoms with Crippen LogP contribution in [0.25, 0.3) is 0 Å². The molecule has 106 valence electrons. The zero-order chi connectivity index (χ0) is 14.0. The number of ketones is 2. The number of Topliss-reactive ketones (excluding diaryl/α,β-unsaturated/α-hetero) is 2. The Morgan fingerprint density at radius 2 is 0.944 bits per heavy atom. The largest absolute Gasteiger partial charge is 0.303 e. The van der Waals surface area contributed by atoms with Gasteiger partial charge in [-0.15, -0.1) is 0 Å². The van der Waals surface area contributed by atoms with Gasteiger partial charge in [0.05, 0.1) is 0 Å². The Balaban J connectivity index is 3.92. The van der Waals surface area contributed by atoms with E-state index in [0.29, 0.717) is 25.9 Å². The van der Waals surface area contributed by atoms with Crippen LogP contribution in [0, 0.1) is 0 Å². The Bertz CT molecular complexity index is 220. The molecule has 18 heavy (non-hydrogen) atoms. The zero-order valence-electron chi connectivity index (χ0n) is 12.4. The average Bonchev–Trinajstić information content (AvgIpc) is 2.40. The molecule has 0 amide bonds. The van der Waals surface area contributed by atoms with Gasteiger partial charge in [-0.2, -0.15) is 0 Å². The van der Waals surface area contributed by atoms with Gasteiger partial charge in [0.15, 0.2) is 11.6 Å². The molecule has 0 radical (unpaired) electrons. The van der Waals surface area contributed by atoms with Crippen molar-refractivity contribution in [2.45, 2.75) is 40.5 Å². The maximum Gasteiger partial charge on any atom is 0.199 e. The molecule has 0 aromatic carbocycles. The van der Waals surface area contributed by atoms with E-state index in [1.54, 1.807) is 0 Å². The molecule has 0 saturated carbocycles. The zero-order valence-corrected chi connectivity index (χ0v) is 12.4. The van der Waals surface area contributed by atoms with Crippen LogP contribution >= 0.6 is 0 Å². The Morgan fingerprint density at radius 3 is 1.17 bits per heavy atom. The molecule has 0 heterocycles. The van der Waals surface area contributed by atoms with Gasteiger partial charge >= 0.3 is 0 Å². The molecule has 0 bridgehead atoms. The van der Waals surface area contributed by atoms with Gasteiger partial charge in [0.2, 0.25) is 0 Å². The van der Waals surface area contributed by atoms with E-state index >= 15 is 0 Å². The van der Waals surface area contributed by atoms with Crippen molar-refractivity contribution < 1.29 is 9.59 Å². The van der Waals surface area contributed by atoms with Gasteiger partial charge in [-0.1, -0.05) is 27.7 Å². The van der Waals surface area contributed by atoms with E-state index in [4.69, 9.17) is 0 Å². The lowest BCUT2D eigenvalue weighted by atomic mass is 10.1. The fourth-order valence-corrected chi connectivity index (χ4v) is 1.88. The Labute approximate surface area is 111 Å². The smallest absolute Gasteiger partial charge is 0.199 e. The van der Waals surface area contributed by atoms with E-state index in [0.717, 1.165) is 26.2 Å². The van der Waals surface area contributed by atoms with Gasteiger partial charge in [0.1, 0.15) is 0 Å². The third-order valence-corrected chi connectivity index (χ3v) is 3.41. The van der Waals surface area contributed by atoms with Gasteiger partial charge in [-0.05, 0) is 26.2 Å². The highest BCUT2D eigenvalue weighted by atomic mass is 16.2. The minimum atomic E-state index is -0.214. The molecule has 4 heteroatoms. The Morgan fingerprint density at radius 1 is 0.667 bits per heavy atom. The molecule has 0 atom stereocenters. The topological polar surface area (TPSA) is 40.6 Å². The number of carbonyl (C=O) groups is 2. The van der Waals surface area contributed by atoms with E-state index in [2.05, 4.69) is 37.5 Å². The molecule has 0 spiro atoms. The van der Waals surface area contributed by atoms with Crippen LogP contribution in [0.2, 0.25) is 0 Å². The molecule has 0 unspecified atom stereocenters. The van der Waals surface area contributed by atoms with Gasteiger partial charge < -0.3 is 9.80 Å². The van der Waals surface area contributed by atoms with Crippen LogP contribution in [0.1, 0.15) is 40.5 Å². The number of hydrogen-bond acceptors (Lipinski definition) is 4. The van der Waals surface area contributed by atoms with Crippen molar-refractivity contribution in [3.63, 3.8) is 0 Å². The van der Waals surface area contributed by atoms with Crippen LogP contribution in [0.5, 0.6) is 0 Å². The molecular weight excluding hydrogens is 228 g/mol. The van der Waals surface area contributed by atoms with Crippen LogP contribution in [0.3, 0.4) is 0 Å². The number of carbonyl (C=O) groups excluding carboxylic acids is 2. The highest BCUT2D eigenvalue weighted by Crippen LogP contribution is 1.98. The molecule has 0 aliphatic rings. The second-order valence-corrected chi connectivity index (χ2v) is 4.40. The summed E-state index contributed by atoms with van der Waals surface area (Å²) in [6, 6.07) is 0. The SMILES string of the molecule is CCN(CC)CCC(=O)C(=O)CCN(CC)CC. The summed E-state index contributed by atoms with van der Waals surface area (Å²) in [7, 11) is 0. The number of rotatable bonds is 11. The van der Waals surface area contributed by atoms with Crippen molar-refractivity contribution in [1.82, 2.24) is 9.80 Å². The predicted octanol–water partition coefficient (Wildman–Crippen LogP) is 1.59. The number of nitrogens with zero attached hydrogens (tertiary/aromatic N) is 2. The summed E-state index contributed by atoms with van der Waals surface area (Å²) in [5.41, 5.74) is 0. The third-order valence-electron chi connectivity index (χ3n) is 3.41. The second-order valence-electron chi connectivity index (χ2n) is 4.40. The maximum atomic E-state index is 11.7. The van der Waals surface area contributed by atoms with E-state index in [9.17, 15) is 9.59 Å². The number of hydrogen-bond donors (Lipinski definition) is 0. The third kappa shape index (κ3) is 6.87. The van der Waals surface area contributed by atoms with Crippen molar-refractivity contribution in [2.24, 2.45) is 0 Å². The summed E-state index contributed by atoms with van der Waals surface area (Å²) in [4.78, 5) is 27.7. The minimum absolute atomic E-state index is 0.214.